The van der Waals surface area contributed by atoms with Gasteiger partial charge in [-0.2, -0.15) is 0 Å². The van der Waals surface area contributed by atoms with Crippen molar-refractivity contribution >= 4 is 11.9 Å². The molecule has 8 unspecified atom stereocenters. The summed E-state index contributed by atoms with van der Waals surface area (Å²) in [4.78, 5) is 26.7. The fourth-order valence-corrected chi connectivity index (χ4v) is 11.5. The van der Waals surface area contributed by atoms with E-state index in [1.165, 1.54) is 173 Å². The van der Waals surface area contributed by atoms with E-state index in [0.29, 0.717) is 12.8 Å². The van der Waals surface area contributed by atoms with Gasteiger partial charge in [-0.15, -0.1) is 0 Å². The zero-order valence-corrected chi connectivity index (χ0v) is 57.5. The minimum atomic E-state index is -1.62. The Morgan fingerprint density at radius 1 is 0.449 bits per heavy atom. The normalized spacial score (nSPS) is 18.6. The molecule has 11 nitrogen and oxygen atoms in total. The Bertz CT molecular complexity index is 1780. The Morgan fingerprint density at radius 2 is 0.809 bits per heavy atom. The van der Waals surface area contributed by atoms with Crippen molar-refractivity contribution in [3.8, 4) is 0 Å². The fraction of sp³-hybridized carbons (Fsp3) is 0.795. The molecule has 1 amide bonds. The predicted molar refractivity (Wildman–Crippen MR) is 375 cm³/mol. The molecule has 1 heterocycles. The van der Waals surface area contributed by atoms with E-state index in [1.54, 1.807) is 6.08 Å². The molecule has 1 aliphatic heterocycles. The molecule has 0 aromatic rings. The third-order valence-electron chi connectivity index (χ3n) is 17.3. The van der Waals surface area contributed by atoms with Crippen LogP contribution in [0, 0.1) is 0 Å². The van der Waals surface area contributed by atoms with Gasteiger partial charge >= 0.3 is 5.97 Å². The molecule has 1 aliphatic rings. The summed E-state index contributed by atoms with van der Waals surface area (Å²) in [7, 11) is 0. The van der Waals surface area contributed by atoms with E-state index < -0.39 is 67.4 Å². The van der Waals surface area contributed by atoms with Gasteiger partial charge in [0.25, 0.3) is 0 Å². The molecule has 0 radical (unpaired) electrons. The Morgan fingerprint density at radius 3 is 1.21 bits per heavy atom. The van der Waals surface area contributed by atoms with Crippen LogP contribution >= 0.6 is 0 Å². The van der Waals surface area contributed by atoms with Crippen LogP contribution in [0.5, 0.6) is 0 Å². The Hall–Kier alpha value is -3.16. The molecule has 0 aliphatic carbocycles. The van der Waals surface area contributed by atoms with Crippen LogP contribution in [0.25, 0.3) is 0 Å². The first-order valence-electron chi connectivity index (χ1n) is 37.4. The number of amides is 1. The van der Waals surface area contributed by atoms with E-state index in [0.717, 1.165) is 116 Å². The van der Waals surface area contributed by atoms with Gasteiger partial charge in [0.05, 0.1) is 25.4 Å². The minimum Gasteiger partial charge on any atom is -0.454 e. The summed E-state index contributed by atoms with van der Waals surface area (Å²) >= 11 is 0. The first-order chi connectivity index (χ1) is 43.7. The topological polar surface area (TPSA) is 175 Å². The number of aliphatic hydroxyl groups excluding tert-OH is 5. The van der Waals surface area contributed by atoms with Crippen LogP contribution in [0.4, 0.5) is 0 Å². The molecule has 0 saturated carbocycles. The summed E-state index contributed by atoms with van der Waals surface area (Å²) in [5, 5.41) is 57.3. The van der Waals surface area contributed by atoms with Gasteiger partial charge in [-0.3, -0.25) is 9.59 Å². The minimum absolute atomic E-state index is 0.124. The molecule has 89 heavy (non-hydrogen) atoms. The average molecular weight is 1250 g/mol. The lowest BCUT2D eigenvalue weighted by atomic mass is 9.99. The number of carbonyl (C=O) groups excluding carboxylic acids is 2. The van der Waals surface area contributed by atoms with Gasteiger partial charge in [-0.1, -0.05) is 337 Å². The Balaban J connectivity index is 2.53. The van der Waals surface area contributed by atoms with Crippen molar-refractivity contribution in [2.75, 3.05) is 13.2 Å². The second-order valence-electron chi connectivity index (χ2n) is 25.7. The zero-order valence-electron chi connectivity index (χ0n) is 57.5. The summed E-state index contributed by atoms with van der Waals surface area (Å²) in [6.07, 6.45) is 76.3. The molecular formula is C78H139NO10. The van der Waals surface area contributed by atoms with Crippen molar-refractivity contribution in [1.82, 2.24) is 5.32 Å². The SMILES string of the molecule is CC/C=C\C/C=C\C/C=C\C/C=C\C/C=C\C/C=C\CCCCCCCCCC(O)C(=O)NC(COC1OC(CO)C(O)C(O)C1OC(=O)CCCCCCCCCCCCCCCCCCCCCCCCC)C(O)/C=C/CCCCCCCCCCC. The van der Waals surface area contributed by atoms with Gasteiger partial charge in [-0.05, 0) is 77.0 Å². The highest BCUT2D eigenvalue weighted by Gasteiger charge is 2.47. The van der Waals surface area contributed by atoms with Crippen LogP contribution in [0.1, 0.15) is 335 Å². The summed E-state index contributed by atoms with van der Waals surface area (Å²) in [5.74, 6) is -1.19. The molecular weight excluding hydrogens is 1110 g/mol. The van der Waals surface area contributed by atoms with Crippen LogP contribution in [-0.2, 0) is 23.8 Å². The van der Waals surface area contributed by atoms with Crippen molar-refractivity contribution in [2.45, 2.75) is 384 Å². The lowest BCUT2D eigenvalue weighted by Gasteiger charge is -2.41. The average Bonchev–Trinajstić information content (AvgIpc) is 2.45. The van der Waals surface area contributed by atoms with Crippen LogP contribution in [0.15, 0.2) is 85.1 Å². The zero-order chi connectivity index (χ0) is 64.6. The predicted octanol–water partition coefficient (Wildman–Crippen LogP) is 19.6. The number of rotatable bonds is 64. The number of nitrogens with one attached hydrogen (secondary N) is 1. The van der Waals surface area contributed by atoms with Crippen LogP contribution in [-0.4, -0.2) is 99.6 Å². The number of hydrogen-bond donors (Lipinski definition) is 6. The second-order valence-corrected chi connectivity index (χ2v) is 25.7. The van der Waals surface area contributed by atoms with Crippen molar-refractivity contribution < 1.29 is 49.3 Å². The number of hydrogen-bond acceptors (Lipinski definition) is 10. The van der Waals surface area contributed by atoms with Crippen molar-refractivity contribution in [3.63, 3.8) is 0 Å². The standard InChI is InChI=1S/C78H139NO10/c1-4-7-10-13-16-19-22-24-26-28-30-32-34-35-36-38-39-41-43-45-47-50-53-56-59-62-65-71(82)77(86)79-69(70(81)64-61-58-55-52-49-21-18-15-12-9-6-3)68-87-78-76(75(85)74(84)72(67-80)88-78)89-73(83)66-63-60-57-54-51-48-46-44-42-40-37-33-31-29-27-25-23-20-17-14-11-8-5-2/h7,10,16,19,24,26,30,32,35-36,39,41,61,64,69-72,74-76,78,80-82,84-85H,4-6,8-9,11-15,17-18,20-23,25,27-29,31,33-34,37-38,40,42-60,62-63,65-68H2,1-3H3,(H,79,86)/b10-7-,19-16-,26-24-,32-30-,36-35-,41-39-,64-61+. The van der Waals surface area contributed by atoms with Gasteiger partial charge in [0.15, 0.2) is 12.4 Å². The fourth-order valence-electron chi connectivity index (χ4n) is 11.5. The van der Waals surface area contributed by atoms with E-state index in [-0.39, 0.29) is 19.4 Å². The molecule has 0 aromatic heterocycles. The molecule has 11 heteroatoms. The summed E-state index contributed by atoms with van der Waals surface area (Å²) in [6.45, 7) is 5.71. The van der Waals surface area contributed by atoms with E-state index in [2.05, 4.69) is 99.0 Å². The smallest absolute Gasteiger partial charge is 0.306 e. The van der Waals surface area contributed by atoms with Gasteiger partial charge in [-0.25, -0.2) is 0 Å². The summed E-state index contributed by atoms with van der Waals surface area (Å²) in [5.41, 5.74) is 0. The van der Waals surface area contributed by atoms with Crippen LogP contribution in [0.3, 0.4) is 0 Å². The molecule has 516 valence electrons. The number of allylic oxidation sites excluding steroid dienone is 13. The van der Waals surface area contributed by atoms with Gasteiger partial charge in [0.2, 0.25) is 5.91 Å². The van der Waals surface area contributed by atoms with Crippen molar-refractivity contribution in [3.05, 3.63) is 85.1 Å². The second kappa shape index (κ2) is 64.9. The maximum absolute atomic E-state index is 13.5. The lowest BCUT2D eigenvalue weighted by molar-refractivity contribution is -0.305. The van der Waals surface area contributed by atoms with E-state index in [1.807, 2.05) is 6.08 Å². The van der Waals surface area contributed by atoms with E-state index >= 15 is 0 Å². The highest BCUT2D eigenvalue weighted by atomic mass is 16.7. The molecule has 1 rings (SSSR count). The quantitative estimate of drug-likeness (QED) is 0.0195. The molecule has 1 fully saturated rings. The van der Waals surface area contributed by atoms with Crippen molar-refractivity contribution in [2.24, 2.45) is 0 Å². The number of ether oxygens (including phenoxy) is 3. The van der Waals surface area contributed by atoms with Crippen LogP contribution in [0.2, 0.25) is 0 Å². The molecule has 8 atom stereocenters. The van der Waals surface area contributed by atoms with Gasteiger partial charge < -0.3 is 45.1 Å². The number of aliphatic hydroxyl groups is 5. The third-order valence-corrected chi connectivity index (χ3v) is 17.3. The number of unbranched alkanes of at least 4 members (excludes halogenated alkanes) is 38. The first kappa shape index (κ1) is 83.9. The molecule has 1 saturated heterocycles. The van der Waals surface area contributed by atoms with Gasteiger partial charge in [0.1, 0.15) is 24.4 Å². The maximum atomic E-state index is 13.5. The lowest BCUT2D eigenvalue weighted by Crippen LogP contribution is -2.61. The van der Waals surface area contributed by atoms with E-state index in [4.69, 9.17) is 14.2 Å². The summed E-state index contributed by atoms with van der Waals surface area (Å²) in [6, 6.07) is -1.03. The highest BCUT2D eigenvalue weighted by Crippen LogP contribution is 2.26. The highest BCUT2D eigenvalue weighted by molar-refractivity contribution is 5.80. The molecule has 6 N–H and O–H groups in total. The number of esters is 1. The van der Waals surface area contributed by atoms with Gasteiger partial charge in [0, 0.05) is 6.42 Å². The Labute approximate surface area is 546 Å². The first-order valence-corrected chi connectivity index (χ1v) is 37.4. The molecule has 0 spiro atoms. The van der Waals surface area contributed by atoms with Crippen LogP contribution < -0.4 is 5.32 Å². The monoisotopic (exact) mass is 1250 g/mol. The molecule has 0 bridgehead atoms. The number of carbonyl (C=O) groups is 2. The third kappa shape index (κ3) is 52.0. The largest absolute Gasteiger partial charge is 0.454 e. The summed E-state index contributed by atoms with van der Waals surface area (Å²) < 4.78 is 17.7. The maximum Gasteiger partial charge on any atom is 0.306 e. The molecule has 0 aromatic carbocycles. The van der Waals surface area contributed by atoms with E-state index in [9.17, 15) is 35.1 Å². The Kier molecular flexibility index (Phi) is 61.2. The van der Waals surface area contributed by atoms with Crippen molar-refractivity contribution in [1.29, 1.82) is 0 Å².